The molecule has 0 spiro atoms. The molecule has 0 aromatic carbocycles. The lowest BCUT2D eigenvalue weighted by Gasteiger charge is -2.22. The maximum atomic E-state index is 6.03. The Bertz CT molecular complexity index is 157. The van der Waals surface area contributed by atoms with E-state index in [0.29, 0.717) is 6.10 Å². The number of hydrogen-bond acceptors (Lipinski definition) is 3. The Kier molecular flexibility index (Phi) is 13.6. The van der Waals surface area contributed by atoms with Crippen LogP contribution in [0.5, 0.6) is 0 Å². The van der Waals surface area contributed by atoms with Gasteiger partial charge < -0.3 is 13.3 Å². The van der Waals surface area contributed by atoms with Crippen molar-refractivity contribution in [3.63, 3.8) is 0 Å². The van der Waals surface area contributed by atoms with Crippen molar-refractivity contribution < 1.29 is 13.3 Å². The first kappa shape index (κ1) is 18.1. The minimum atomic E-state index is -1.90. The van der Waals surface area contributed by atoms with Gasteiger partial charge in [0.15, 0.2) is 0 Å². The Hall–Kier alpha value is 0.0969. The van der Waals surface area contributed by atoms with E-state index in [9.17, 15) is 0 Å². The van der Waals surface area contributed by atoms with Gasteiger partial charge in [0.2, 0.25) is 0 Å². The highest BCUT2D eigenvalue weighted by Gasteiger charge is 2.19. The summed E-state index contributed by atoms with van der Waals surface area (Å²) in [7, 11) is -1.90. The third-order valence-electron chi connectivity index (χ3n) is 2.87. The second-order valence-electron chi connectivity index (χ2n) is 4.69. The fourth-order valence-corrected chi connectivity index (χ4v) is 3.24. The van der Waals surface area contributed by atoms with Crippen LogP contribution in [-0.4, -0.2) is 28.8 Å². The number of hydrogen-bond donors (Lipinski definition) is 0. The van der Waals surface area contributed by atoms with Gasteiger partial charge in [-0.05, 0) is 25.7 Å². The molecular weight excluding hydrogens is 244 g/mol. The zero-order chi connectivity index (χ0) is 13.6. The topological polar surface area (TPSA) is 27.7 Å². The smallest absolute Gasteiger partial charge is 0.376 e. The van der Waals surface area contributed by atoms with Gasteiger partial charge in [-0.2, -0.15) is 0 Å². The fourth-order valence-electron chi connectivity index (χ4n) is 1.62. The van der Waals surface area contributed by atoms with Crippen LogP contribution in [0.1, 0.15) is 72.6 Å². The summed E-state index contributed by atoms with van der Waals surface area (Å²) in [6, 6.07) is 0. The summed E-state index contributed by atoms with van der Waals surface area (Å²) in [6.07, 6.45) is 8.12. The zero-order valence-corrected chi connectivity index (χ0v) is 13.9. The molecular formula is C14H32O3Si. The third kappa shape index (κ3) is 10.1. The van der Waals surface area contributed by atoms with Crippen molar-refractivity contribution in [1.29, 1.82) is 0 Å². The maximum Gasteiger partial charge on any atom is 0.484 e. The summed E-state index contributed by atoms with van der Waals surface area (Å²) in [6.45, 7) is 10.3. The van der Waals surface area contributed by atoms with Gasteiger partial charge in [-0.15, -0.1) is 0 Å². The Morgan fingerprint density at radius 1 is 0.833 bits per heavy atom. The van der Waals surface area contributed by atoms with E-state index in [4.69, 9.17) is 13.3 Å². The summed E-state index contributed by atoms with van der Waals surface area (Å²) >= 11 is 0. The van der Waals surface area contributed by atoms with Crippen LogP contribution in [0.15, 0.2) is 0 Å². The molecule has 0 aliphatic carbocycles. The van der Waals surface area contributed by atoms with E-state index in [1.54, 1.807) is 0 Å². The molecule has 110 valence electrons. The summed E-state index contributed by atoms with van der Waals surface area (Å²) in [4.78, 5) is 0. The van der Waals surface area contributed by atoms with Gasteiger partial charge in [-0.25, -0.2) is 0 Å². The first-order chi connectivity index (χ1) is 8.78. The van der Waals surface area contributed by atoms with Crippen LogP contribution in [-0.2, 0) is 13.3 Å². The van der Waals surface area contributed by atoms with Crippen molar-refractivity contribution in [2.24, 2.45) is 0 Å². The molecule has 0 aromatic heterocycles. The maximum absolute atomic E-state index is 6.03. The highest BCUT2D eigenvalue weighted by molar-refractivity contribution is 6.36. The highest BCUT2D eigenvalue weighted by Crippen LogP contribution is 2.10. The van der Waals surface area contributed by atoms with Gasteiger partial charge in [0.1, 0.15) is 0 Å². The van der Waals surface area contributed by atoms with Crippen LogP contribution >= 0.6 is 0 Å². The van der Waals surface area contributed by atoms with Crippen molar-refractivity contribution >= 4 is 9.53 Å². The second kappa shape index (κ2) is 13.5. The predicted molar refractivity (Wildman–Crippen MR) is 78.9 cm³/mol. The molecule has 0 heterocycles. The minimum absolute atomic E-state index is 0.315. The third-order valence-corrected chi connectivity index (χ3v) is 4.50. The minimum Gasteiger partial charge on any atom is -0.376 e. The molecule has 0 aromatic rings. The van der Waals surface area contributed by atoms with Crippen LogP contribution < -0.4 is 0 Å². The van der Waals surface area contributed by atoms with Crippen LogP contribution in [0.2, 0.25) is 0 Å². The molecule has 0 amide bonds. The molecule has 0 radical (unpaired) electrons. The largest absolute Gasteiger partial charge is 0.484 e. The fraction of sp³-hybridized carbons (Fsp3) is 1.00. The average Bonchev–Trinajstić information content (AvgIpc) is 2.38. The average molecular weight is 276 g/mol. The van der Waals surface area contributed by atoms with Gasteiger partial charge in [-0.3, -0.25) is 0 Å². The standard InChI is InChI=1S/C14H32O3Si/c1-5-9-12-15-18(16-13-10-6-2)17-14(8-4)11-7-3/h14,18H,5-13H2,1-4H3. The zero-order valence-electron chi connectivity index (χ0n) is 12.7. The highest BCUT2D eigenvalue weighted by atomic mass is 28.3. The van der Waals surface area contributed by atoms with Gasteiger partial charge >= 0.3 is 9.53 Å². The Morgan fingerprint density at radius 2 is 1.39 bits per heavy atom. The predicted octanol–water partition coefficient (Wildman–Crippen LogP) is 3.93. The summed E-state index contributed by atoms with van der Waals surface area (Å²) < 4.78 is 17.6. The molecule has 0 aliphatic rings. The van der Waals surface area contributed by atoms with E-state index in [-0.39, 0.29) is 0 Å². The monoisotopic (exact) mass is 276 g/mol. The van der Waals surface area contributed by atoms with E-state index < -0.39 is 9.53 Å². The lowest BCUT2D eigenvalue weighted by Crippen LogP contribution is -2.33. The van der Waals surface area contributed by atoms with Gasteiger partial charge in [-0.1, -0.05) is 47.0 Å². The van der Waals surface area contributed by atoms with Gasteiger partial charge in [0.05, 0.1) is 0 Å². The molecule has 0 rings (SSSR count). The van der Waals surface area contributed by atoms with Crippen molar-refractivity contribution in [2.75, 3.05) is 13.2 Å². The Morgan fingerprint density at radius 3 is 1.78 bits per heavy atom. The van der Waals surface area contributed by atoms with E-state index in [0.717, 1.165) is 58.2 Å². The molecule has 0 N–H and O–H groups in total. The molecule has 0 aliphatic heterocycles. The quantitative estimate of drug-likeness (QED) is 0.377. The molecule has 0 fully saturated rings. The van der Waals surface area contributed by atoms with Crippen molar-refractivity contribution in [1.82, 2.24) is 0 Å². The van der Waals surface area contributed by atoms with Crippen molar-refractivity contribution in [2.45, 2.75) is 78.7 Å². The molecule has 0 bridgehead atoms. The van der Waals surface area contributed by atoms with Crippen LogP contribution in [0.4, 0.5) is 0 Å². The summed E-state index contributed by atoms with van der Waals surface area (Å²) in [5.41, 5.74) is 0. The first-order valence-electron chi connectivity index (χ1n) is 7.67. The Balaban J connectivity index is 3.99. The van der Waals surface area contributed by atoms with E-state index >= 15 is 0 Å². The first-order valence-corrected chi connectivity index (χ1v) is 9.08. The lowest BCUT2D eigenvalue weighted by atomic mass is 10.2. The van der Waals surface area contributed by atoms with Gasteiger partial charge in [0.25, 0.3) is 0 Å². The summed E-state index contributed by atoms with van der Waals surface area (Å²) in [5, 5.41) is 0. The molecule has 1 atom stereocenters. The lowest BCUT2D eigenvalue weighted by molar-refractivity contribution is 0.0503. The second-order valence-corrected chi connectivity index (χ2v) is 6.21. The molecule has 0 saturated carbocycles. The summed E-state index contributed by atoms with van der Waals surface area (Å²) in [5.74, 6) is 0. The SMILES string of the molecule is CCCCO[SiH](OCCCC)OC(CC)CCC. The number of unbranched alkanes of at least 4 members (excludes halogenated alkanes) is 2. The van der Waals surface area contributed by atoms with E-state index in [1.165, 1.54) is 0 Å². The number of rotatable bonds is 13. The van der Waals surface area contributed by atoms with Crippen LogP contribution in [0, 0.1) is 0 Å². The van der Waals surface area contributed by atoms with Gasteiger partial charge in [0, 0.05) is 19.3 Å². The van der Waals surface area contributed by atoms with Crippen LogP contribution in [0.3, 0.4) is 0 Å². The normalized spacial score (nSPS) is 13.2. The van der Waals surface area contributed by atoms with Crippen LogP contribution in [0.25, 0.3) is 0 Å². The van der Waals surface area contributed by atoms with E-state index in [1.807, 2.05) is 0 Å². The van der Waals surface area contributed by atoms with E-state index in [2.05, 4.69) is 27.7 Å². The molecule has 4 heteroatoms. The molecule has 1 unspecified atom stereocenters. The molecule has 3 nitrogen and oxygen atoms in total. The molecule has 18 heavy (non-hydrogen) atoms. The molecule has 0 saturated heterocycles. The Labute approximate surface area is 115 Å². The van der Waals surface area contributed by atoms with Crippen molar-refractivity contribution in [3.05, 3.63) is 0 Å². The van der Waals surface area contributed by atoms with Crippen molar-refractivity contribution in [3.8, 4) is 0 Å².